The lowest BCUT2D eigenvalue weighted by atomic mass is 9.98. The number of benzene rings is 1. The number of morpholine rings is 1. The van der Waals surface area contributed by atoms with Gasteiger partial charge in [-0.2, -0.15) is 10.1 Å². The van der Waals surface area contributed by atoms with Crippen molar-refractivity contribution in [1.29, 1.82) is 0 Å². The zero-order valence-electron chi connectivity index (χ0n) is 24.7. The van der Waals surface area contributed by atoms with Gasteiger partial charge in [-0.05, 0) is 24.6 Å². The highest BCUT2D eigenvalue weighted by molar-refractivity contribution is 6.14. The first-order valence-electron chi connectivity index (χ1n) is 14.9. The molecule has 3 N–H and O–H groups in total. The predicted octanol–water partition coefficient (Wildman–Crippen LogP) is 1.63. The van der Waals surface area contributed by atoms with Gasteiger partial charge in [0.05, 0.1) is 48.9 Å². The Labute approximate surface area is 261 Å². The van der Waals surface area contributed by atoms with E-state index in [4.69, 9.17) is 14.2 Å². The van der Waals surface area contributed by atoms with Crippen LogP contribution in [0.3, 0.4) is 0 Å². The molecule has 3 fully saturated rings. The number of alkyl halides is 2. The van der Waals surface area contributed by atoms with Crippen molar-refractivity contribution in [2.75, 3.05) is 26.4 Å². The van der Waals surface area contributed by atoms with Crippen LogP contribution in [0.25, 0.3) is 27.9 Å². The van der Waals surface area contributed by atoms with Crippen molar-refractivity contribution in [3.05, 3.63) is 65.5 Å². The second kappa shape index (κ2) is 11.9. The molecule has 0 spiro atoms. The van der Waals surface area contributed by atoms with Crippen molar-refractivity contribution in [3.8, 4) is 28.1 Å². The van der Waals surface area contributed by atoms with Gasteiger partial charge in [-0.25, -0.2) is 17.7 Å². The van der Waals surface area contributed by atoms with Gasteiger partial charge in [0.1, 0.15) is 11.9 Å². The maximum absolute atomic E-state index is 15.6. The highest BCUT2D eigenvalue weighted by Gasteiger charge is 2.38. The van der Waals surface area contributed by atoms with Crippen LogP contribution in [0.4, 0.5) is 13.2 Å². The van der Waals surface area contributed by atoms with Gasteiger partial charge >= 0.3 is 0 Å². The Balaban J connectivity index is 1.27. The van der Waals surface area contributed by atoms with Crippen LogP contribution >= 0.6 is 0 Å². The van der Waals surface area contributed by atoms with E-state index in [9.17, 15) is 23.8 Å². The minimum atomic E-state index is -3.27. The summed E-state index contributed by atoms with van der Waals surface area (Å²) < 4.78 is 62.2. The number of carbonyl (C=O) groups excluding carboxylic acids is 1. The number of carbonyl (C=O) groups is 1. The van der Waals surface area contributed by atoms with E-state index in [0.29, 0.717) is 49.4 Å². The van der Waals surface area contributed by atoms with E-state index in [1.54, 1.807) is 12.4 Å². The number of amides is 1. The third-order valence-electron chi connectivity index (χ3n) is 8.38. The van der Waals surface area contributed by atoms with Crippen molar-refractivity contribution < 1.29 is 42.4 Å². The number of nitrogens with zero attached hydrogens (tertiary/aromatic N) is 5. The summed E-state index contributed by atoms with van der Waals surface area (Å²) in [4.78, 5) is 24.4. The van der Waals surface area contributed by atoms with Crippen LogP contribution < -0.4 is 10.1 Å². The molecule has 1 amide bonds. The van der Waals surface area contributed by atoms with E-state index in [-0.39, 0.29) is 34.9 Å². The third-order valence-corrected chi connectivity index (χ3v) is 8.38. The summed E-state index contributed by atoms with van der Waals surface area (Å²) in [6.45, 7) is 3.17. The summed E-state index contributed by atoms with van der Waals surface area (Å²) in [5, 5.41) is 25.4. The molecular formula is C30H30BF3N6O6. The van der Waals surface area contributed by atoms with E-state index in [1.807, 2.05) is 17.4 Å². The van der Waals surface area contributed by atoms with Crippen LogP contribution in [-0.2, 0) is 16.0 Å². The van der Waals surface area contributed by atoms with Crippen LogP contribution in [0.2, 0.25) is 0 Å². The fourth-order valence-corrected chi connectivity index (χ4v) is 6.12. The van der Waals surface area contributed by atoms with Crippen LogP contribution in [0.15, 0.2) is 42.9 Å². The lowest BCUT2D eigenvalue weighted by molar-refractivity contribution is -0.102. The zero-order chi connectivity index (χ0) is 32.2. The molecular weight excluding hydrogens is 608 g/mol. The molecule has 4 aromatic rings. The molecule has 1 aromatic carbocycles. The summed E-state index contributed by atoms with van der Waals surface area (Å²) in [6, 6.07) is 5.94. The van der Waals surface area contributed by atoms with Gasteiger partial charge in [0.2, 0.25) is 13.7 Å². The molecule has 240 valence electrons. The van der Waals surface area contributed by atoms with E-state index in [2.05, 4.69) is 20.0 Å². The van der Waals surface area contributed by atoms with Gasteiger partial charge < -0.3 is 29.7 Å². The number of ether oxygens (including phenoxy) is 3. The van der Waals surface area contributed by atoms with Crippen molar-refractivity contribution in [3.63, 3.8) is 0 Å². The van der Waals surface area contributed by atoms with Crippen LogP contribution in [0.1, 0.15) is 40.9 Å². The Bertz CT molecular complexity index is 1780. The second-order valence-corrected chi connectivity index (χ2v) is 11.9. The molecule has 3 unspecified atom stereocenters. The highest BCUT2D eigenvalue weighted by atomic mass is 19.3. The molecule has 0 saturated carbocycles. The summed E-state index contributed by atoms with van der Waals surface area (Å²) in [7, 11) is 0.877. The maximum Gasteiger partial charge on any atom is 0.266 e. The Morgan fingerprint density at radius 3 is 2.70 bits per heavy atom. The minimum Gasteiger partial charge on any atom is -0.471 e. The fraction of sp³-hybridized carbons (Fsp3) is 0.400. The van der Waals surface area contributed by atoms with Crippen molar-refractivity contribution in [2.24, 2.45) is 0 Å². The smallest absolute Gasteiger partial charge is 0.266 e. The molecule has 6 heterocycles. The van der Waals surface area contributed by atoms with Gasteiger partial charge in [0.25, 0.3) is 12.3 Å². The Morgan fingerprint density at radius 1 is 1.20 bits per heavy atom. The van der Waals surface area contributed by atoms with Gasteiger partial charge in [0.15, 0.2) is 11.5 Å². The summed E-state index contributed by atoms with van der Waals surface area (Å²) in [5.41, 5.74) is 0.396. The average molecular weight is 638 g/mol. The first-order valence-corrected chi connectivity index (χ1v) is 14.9. The Morgan fingerprint density at radius 2 is 2.04 bits per heavy atom. The maximum atomic E-state index is 15.6. The normalized spacial score (nSPS) is 21.5. The number of aromatic nitrogens is 4. The van der Waals surface area contributed by atoms with E-state index in [0.717, 1.165) is 39.2 Å². The number of nitrogens with one attached hydrogen (secondary N) is 1. The van der Waals surface area contributed by atoms with Crippen molar-refractivity contribution >= 4 is 19.4 Å². The number of rotatable bonds is 9. The van der Waals surface area contributed by atoms with Gasteiger partial charge in [-0.1, -0.05) is 6.07 Å². The first-order chi connectivity index (χ1) is 22.0. The Hall–Kier alpha value is -4.09. The molecule has 16 heteroatoms. The quantitative estimate of drug-likeness (QED) is 0.183. The standard InChI is InChI=1S/C30H30BF3N6O6/c31-30(42,43)38-28(41)16-5-21(25(32)22(6-16)26(33)34)23-9-36-40-12-24(29(37-27(23)40)46-19-3-4-44-14-19)15-1-2-17(35-8-15)10-39-11-20-7-18(39)13-45-20/h1-2,5-6,8-9,12,18-20,26,42-43H,3-4,7,10-11,13-14,31H2,(H,38,41). The number of pyridine rings is 1. The largest absolute Gasteiger partial charge is 0.471 e. The molecule has 7 rings (SSSR count). The number of aliphatic hydroxyl groups is 2. The second-order valence-electron chi connectivity index (χ2n) is 11.9. The molecule has 3 aromatic heterocycles. The predicted molar refractivity (Wildman–Crippen MR) is 158 cm³/mol. The third kappa shape index (κ3) is 6.05. The molecule has 0 aliphatic carbocycles. The molecule has 12 nitrogen and oxygen atoms in total. The van der Waals surface area contributed by atoms with Gasteiger partial charge in [-0.15, -0.1) is 0 Å². The van der Waals surface area contributed by atoms with Crippen LogP contribution in [-0.4, -0.2) is 98.9 Å². The number of halogens is 3. The number of likely N-dealkylation sites (tertiary alicyclic amines) is 1. The lowest BCUT2D eigenvalue weighted by Crippen LogP contribution is -2.48. The molecule has 46 heavy (non-hydrogen) atoms. The van der Waals surface area contributed by atoms with Crippen LogP contribution in [0, 0.1) is 5.82 Å². The average Bonchev–Trinajstić information content (AvgIpc) is 3.83. The van der Waals surface area contributed by atoms with E-state index >= 15 is 4.39 Å². The molecule has 3 atom stereocenters. The molecule has 2 bridgehead atoms. The summed E-state index contributed by atoms with van der Waals surface area (Å²) in [6.07, 6.45) is 2.97. The van der Waals surface area contributed by atoms with E-state index < -0.39 is 35.1 Å². The number of hydrogen-bond donors (Lipinski definition) is 3. The lowest BCUT2D eigenvalue weighted by Gasteiger charge is -2.26. The highest BCUT2D eigenvalue weighted by Crippen LogP contribution is 2.37. The van der Waals surface area contributed by atoms with Crippen molar-refractivity contribution in [1.82, 2.24) is 29.8 Å². The topological polar surface area (TPSA) is 144 Å². The van der Waals surface area contributed by atoms with Gasteiger partial charge in [0, 0.05) is 60.2 Å². The Kier molecular flexibility index (Phi) is 7.93. The molecule has 3 aliphatic rings. The number of fused-ring (bicyclic) bond motifs is 3. The van der Waals surface area contributed by atoms with Gasteiger partial charge in [-0.3, -0.25) is 14.7 Å². The SMILES string of the molecule is BC(O)(O)NC(=O)c1cc(-c2cnn3cc(-c4ccc(CN5CC6CC5CO6)nc4)c(OC4CCOC4)nc23)c(F)c(C(F)F)c1. The molecule has 3 saturated heterocycles. The fourth-order valence-electron chi connectivity index (χ4n) is 6.12. The zero-order valence-corrected chi connectivity index (χ0v) is 24.7. The molecule has 3 aliphatic heterocycles. The van der Waals surface area contributed by atoms with Crippen LogP contribution in [0.5, 0.6) is 5.88 Å². The first kappa shape index (κ1) is 30.6. The monoisotopic (exact) mass is 638 g/mol. The van der Waals surface area contributed by atoms with E-state index in [1.165, 1.54) is 10.7 Å². The van der Waals surface area contributed by atoms with Crippen molar-refractivity contribution in [2.45, 2.75) is 49.9 Å². The number of hydrogen-bond acceptors (Lipinski definition) is 10. The molecule has 0 radical (unpaired) electrons. The summed E-state index contributed by atoms with van der Waals surface area (Å²) in [5.74, 6) is -4.82. The minimum absolute atomic E-state index is 0.0150. The summed E-state index contributed by atoms with van der Waals surface area (Å²) >= 11 is 0.